The van der Waals surface area contributed by atoms with Crippen LogP contribution in [0.4, 0.5) is 5.69 Å². The number of nitrogens with one attached hydrogen (secondary N) is 2. The number of fused-ring (bicyclic) bond motifs is 1. The van der Waals surface area contributed by atoms with Crippen LogP contribution in [0.3, 0.4) is 0 Å². The summed E-state index contributed by atoms with van der Waals surface area (Å²) in [5.41, 5.74) is 5.59. The molecule has 7 nitrogen and oxygen atoms in total. The first-order valence-electron chi connectivity index (χ1n) is 10.4. The van der Waals surface area contributed by atoms with Crippen LogP contribution >= 0.6 is 11.8 Å². The number of rotatable bonds is 8. The van der Waals surface area contributed by atoms with Crippen molar-refractivity contribution >= 4 is 29.3 Å². The van der Waals surface area contributed by atoms with Gasteiger partial charge in [0, 0.05) is 35.4 Å². The second-order valence-electron chi connectivity index (χ2n) is 7.84. The van der Waals surface area contributed by atoms with E-state index in [-0.39, 0.29) is 12.5 Å². The Labute approximate surface area is 187 Å². The Hall–Kier alpha value is -2.87. The van der Waals surface area contributed by atoms with Crippen LogP contribution in [0.1, 0.15) is 20.3 Å². The molecule has 1 amide bonds. The van der Waals surface area contributed by atoms with Crippen LogP contribution in [0.15, 0.2) is 58.4 Å². The molecular formula is C23H30N4O3S. The van der Waals surface area contributed by atoms with E-state index in [0.717, 1.165) is 23.6 Å². The minimum Gasteiger partial charge on any atom is -0.490 e. The molecule has 4 N–H and O–H groups in total. The molecule has 0 atom stereocenters. The van der Waals surface area contributed by atoms with Crippen LogP contribution in [0, 0.1) is 5.41 Å². The van der Waals surface area contributed by atoms with Gasteiger partial charge >= 0.3 is 0 Å². The molecule has 2 aromatic carbocycles. The number of nitrogens with zero attached hydrogens (tertiary/aromatic N) is 1. The predicted molar refractivity (Wildman–Crippen MR) is 126 cm³/mol. The van der Waals surface area contributed by atoms with Crippen molar-refractivity contribution in [2.24, 2.45) is 16.1 Å². The molecule has 1 aliphatic rings. The molecule has 0 radical (unpaired) electrons. The molecule has 0 unspecified atom stereocenters. The Morgan fingerprint density at radius 1 is 1.13 bits per heavy atom. The number of hydrogen-bond acceptors (Lipinski definition) is 5. The number of nitrogens with two attached hydrogens (primary N) is 1. The summed E-state index contributed by atoms with van der Waals surface area (Å²) in [5, 5.41) is 6.64. The Balaban J connectivity index is 1.66. The number of carbonyl (C=O) groups excluding carboxylic acids is 1. The number of primary amides is 1. The number of ether oxygens (including phenoxy) is 2. The normalized spacial score (nSPS) is 13.9. The first kappa shape index (κ1) is 22.8. The predicted octanol–water partition coefficient (Wildman–Crippen LogP) is 3.51. The Kier molecular flexibility index (Phi) is 8.06. The largest absolute Gasteiger partial charge is 0.490 e. The van der Waals surface area contributed by atoms with Gasteiger partial charge in [-0.15, -0.1) is 11.8 Å². The van der Waals surface area contributed by atoms with Gasteiger partial charge in [-0.2, -0.15) is 0 Å². The molecule has 0 saturated carbocycles. The van der Waals surface area contributed by atoms with Crippen LogP contribution < -0.4 is 25.8 Å². The van der Waals surface area contributed by atoms with E-state index in [1.807, 2.05) is 36.4 Å². The molecule has 31 heavy (non-hydrogen) atoms. The summed E-state index contributed by atoms with van der Waals surface area (Å²) >= 11 is 1.76. The van der Waals surface area contributed by atoms with Crippen LogP contribution in [0.2, 0.25) is 0 Å². The minimum atomic E-state index is -0.738. The van der Waals surface area contributed by atoms with Crippen molar-refractivity contribution in [2.45, 2.75) is 25.2 Å². The number of thioether (sulfide) groups is 1. The van der Waals surface area contributed by atoms with Crippen LogP contribution in [-0.4, -0.2) is 43.9 Å². The maximum Gasteiger partial charge on any atom is 0.224 e. The topological polar surface area (TPSA) is 98.0 Å². The summed E-state index contributed by atoms with van der Waals surface area (Å²) in [5.74, 6) is 2.51. The third-order valence-corrected chi connectivity index (χ3v) is 5.73. The quantitative estimate of drug-likeness (QED) is 0.250. The van der Waals surface area contributed by atoms with Crippen molar-refractivity contribution in [3.8, 4) is 11.5 Å². The van der Waals surface area contributed by atoms with Gasteiger partial charge in [-0.25, -0.2) is 0 Å². The number of anilines is 1. The molecule has 0 saturated heterocycles. The van der Waals surface area contributed by atoms with Gasteiger partial charge in [-0.05, 0) is 38.1 Å². The summed E-state index contributed by atoms with van der Waals surface area (Å²) in [4.78, 5) is 17.5. The van der Waals surface area contributed by atoms with Crippen molar-refractivity contribution < 1.29 is 14.3 Å². The van der Waals surface area contributed by atoms with E-state index >= 15 is 0 Å². The smallest absolute Gasteiger partial charge is 0.224 e. The van der Waals surface area contributed by atoms with Gasteiger partial charge in [-0.1, -0.05) is 18.2 Å². The fourth-order valence-corrected chi connectivity index (χ4v) is 3.52. The molecule has 1 aliphatic heterocycles. The van der Waals surface area contributed by atoms with E-state index in [0.29, 0.717) is 31.5 Å². The first-order valence-corrected chi connectivity index (χ1v) is 11.4. The lowest BCUT2D eigenvalue weighted by Crippen LogP contribution is -2.37. The Morgan fingerprint density at radius 3 is 2.61 bits per heavy atom. The second kappa shape index (κ2) is 10.9. The first-order chi connectivity index (χ1) is 14.9. The van der Waals surface area contributed by atoms with Crippen LogP contribution in [0.25, 0.3) is 0 Å². The van der Waals surface area contributed by atoms with Gasteiger partial charge < -0.3 is 25.8 Å². The Morgan fingerprint density at radius 2 is 1.87 bits per heavy atom. The van der Waals surface area contributed by atoms with Crippen LogP contribution in [-0.2, 0) is 4.79 Å². The lowest BCUT2D eigenvalue weighted by Gasteiger charge is -2.19. The van der Waals surface area contributed by atoms with E-state index in [2.05, 4.69) is 27.8 Å². The highest BCUT2D eigenvalue weighted by atomic mass is 32.2. The number of aliphatic imine (C=N–C) groups is 1. The average molecular weight is 443 g/mol. The second-order valence-corrected chi connectivity index (χ2v) is 9.01. The van der Waals surface area contributed by atoms with Gasteiger partial charge in [0.2, 0.25) is 5.91 Å². The molecule has 2 aromatic rings. The zero-order chi connectivity index (χ0) is 22.1. The van der Waals surface area contributed by atoms with E-state index in [1.54, 1.807) is 25.6 Å². The zero-order valence-corrected chi connectivity index (χ0v) is 18.8. The summed E-state index contributed by atoms with van der Waals surface area (Å²) in [6.45, 7) is 5.82. The number of benzene rings is 2. The molecule has 0 aliphatic carbocycles. The average Bonchev–Trinajstić information content (AvgIpc) is 3.00. The van der Waals surface area contributed by atoms with E-state index < -0.39 is 5.41 Å². The number of amides is 1. The highest BCUT2D eigenvalue weighted by Crippen LogP contribution is 2.32. The van der Waals surface area contributed by atoms with E-state index in [1.165, 1.54) is 4.90 Å². The molecule has 0 bridgehead atoms. The lowest BCUT2D eigenvalue weighted by molar-refractivity contribution is -0.125. The van der Waals surface area contributed by atoms with Crippen molar-refractivity contribution in [1.82, 2.24) is 5.32 Å². The van der Waals surface area contributed by atoms with Crippen molar-refractivity contribution in [3.05, 3.63) is 48.5 Å². The third kappa shape index (κ3) is 7.10. The zero-order valence-electron chi connectivity index (χ0n) is 18.0. The van der Waals surface area contributed by atoms with Gasteiger partial charge in [-0.3, -0.25) is 9.79 Å². The summed E-state index contributed by atoms with van der Waals surface area (Å²) in [6, 6.07) is 15.9. The molecule has 166 valence electrons. The number of guanidine groups is 1. The molecule has 1 heterocycles. The van der Waals surface area contributed by atoms with Crippen molar-refractivity contribution in [2.75, 3.05) is 37.4 Å². The van der Waals surface area contributed by atoms with Gasteiger partial charge in [0.05, 0.1) is 25.2 Å². The lowest BCUT2D eigenvalue weighted by atomic mass is 9.93. The van der Waals surface area contributed by atoms with E-state index in [9.17, 15) is 4.79 Å². The van der Waals surface area contributed by atoms with E-state index in [4.69, 9.17) is 15.2 Å². The fraction of sp³-hybridized carbons (Fsp3) is 0.391. The van der Waals surface area contributed by atoms with Crippen molar-refractivity contribution in [1.29, 1.82) is 0 Å². The molecule has 8 heteroatoms. The number of hydrogen-bond donors (Lipinski definition) is 3. The Bertz CT molecular complexity index is 903. The van der Waals surface area contributed by atoms with Gasteiger partial charge in [0.1, 0.15) is 0 Å². The SMILES string of the molecule is CC(C)(CN=C(NCCSc1ccccc1)Nc1ccc2c(c1)OCCCO2)C(N)=O. The standard InChI is InChI=1S/C23H30N4O3S/c1-23(2,21(24)28)16-26-22(25-11-14-31-18-7-4-3-5-8-18)27-17-9-10-19-20(15-17)30-13-6-12-29-19/h3-5,7-10,15H,6,11-14,16H2,1-2H3,(H2,24,28)(H2,25,26,27). The maximum atomic E-state index is 11.7. The van der Waals surface area contributed by atoms with Crippen LogP contribution in [0.5, 0.6) is 11.5 Å². The van der Waals surface area contributed by atoms with Crippen molar-refractivity contribution in [3.63, 3.8) is 0 Å². The highest BCUT2D eigenvalue weighted by Gasteiger charge is 2.24. The van der Waals surface area contributed by atoms with Gasteiger partial charge in [0.25, 0.3) is 0 Å². The number of carbonyl (C=O) groups is 1. The monoisotopic (exact) mass is 442 g/mol. The van der Waals surface area contributed by atoms with Gasteiger partial charge in [0.15, 0.2) is 17.5 Å². The molecule has 3 rings (SSSR count). The summed E-state index contributed by atoms with van der Waals surface area (Å²) < 4.78 is 11.5. The molecule has 0 aromatic heterocycles. The summed E-state index contributed by atoms with van der Waals surface area (Å²) in [6.07, 6.45) is 0.854. The summed E-state index contributed by atoms with van der Waals surface area (Å²) in [7, 11) is 0. The molecule has 0 fully saturated rings. The fourth-order valence-electron chi connectivity index (χ4n) is 2.73. The minimum absolute atomic E-state index is 0.272. The molecule has 0 spiro atoms. The maximum absolute atomic E-state index is 11.7. The highest BCUT2D eigenvalue weighted by molar-refractivity contribution is 7.99. The third-order valence-electron chi connectivity index (χ3n) is 4.72. The molecular weight excluding hydrogens is 412 g/mol.